The van der Waals surface area contributed by atoms with E-state index in [1.807, 2.05) is 18.2 Å². The lowest BCUT2D eigenvalue weighted by molar-refractivity contribution is -0.148. The minimum absolute atomic E-state index is 0.00785. The quantitative estimate of drug-likeness (QED) is 0.262. The van der Waals surface area contributed by atoms with Crippen LogP contribution in [-0.2, 0) is 14.3 Å². The molecule has 0 spiro atoms. The summed E-state index contributed by atoms with van der Waals surface area (Å²) >= 11 is 0. The van der Waals surface area contributed by atoms with Crippen LogP contribution in [0.2, 0.25) is 0 Å². The van der Waals surface area contributed by atoms with Gasteiger partial charge in [-0.05, 0) is 37.5 Å². The Morgan fingerprint density at radius 3 is 2.45 bits per heavy atom. The van der Waals surface area contributed by atoms with E-state index in [1.54, 1.807) is 25.1 Å². The predicted octanol–water partition coefficient (Wildman–Crippen LogP) is 3.89. The monoisotopic (exact) mass is 444 g/mol. The van der Waals surface area contributed by atoms with Crippen molar-refractivity contribution in [2.75, 3.05) is 20.8 Å². The fourth-order valence-corrected chi connectivity index (χ4v) is 5.35. The van der Waals surface area contributed by atoms with Crippen molar-refractivity contribution < 1.29 is 28.5 Å². The summed E-state index contributed by atoms with van der Waals surface area (Å²) in [6, 6.07) is 5.27. The molecule has 0 amide bonds. The molecule has 4 rings (SSSR count). The Morgan fingerprint density at radius 1 is 1.19 bits per heavy atom. The summed E-state index contributed by atoms with van der Waals surface area (Å²) < 4.78 is 22.2. The molecule has 4 atom stereocenters. The first kappa shape index (κ1) is 22.0. The van der Waals surface area contributed by atoms with Crippen molar-refractivity contribution in [1.29, 1.82) is 0 Å². The molecule has 0 N–H and O–H groups in total. The zero-order valence-corrected chi connectivity index (χ0v) is 19.3. The van der Waals surface area contributed by atoms with E-state index in [9.17, 15) is 9.59 Å². The minimum atomic E-state index is -1.10. The summed E-state index contributed by atoms with van der Waals surface area (Å²) in [7, 11) is 5.68. The SMILES string of the molecule is COc1cccc(OC)c1C(=O)C1(C(C)(P)C(=O)OCC2=CC=CC3OC23)CCCC1. The summed E-state index contributed by atoms with van der Waals surface area (Å²) in [5.74, 6) is 0.343. The van der Waals surface area contributed by atoms with E-state index in [0.717, 1.165) is 18.4 Å². The molecule has 3 aliphatic rings. The number of hydrogen-bond donors (Lipinski definition) is 0. The number of Topliss-reactive ketones (excluding diaryl/α,β-unsaturated/α-hetero) is 1. The molecule has 1 saturated carbocycles. The van der Waals surface area contributed by atoms with E-state index < -0.39 is 16.5 Å². The molecule has 1 aromatic rings. The molecule has 2 aliphatic carbocycles. The van der Waals surface area contributed by atoms with Gasteiger partial charge in [0.2, 0.25) is 0 Å². The predicted molar refractivity (Wildman–Crippen MR) is 120 cm³/mol. The molecular formula is C24H29O6P. The van der Waals surface area contributed by atoms with Gasteiger partial charge in [0.1, 0.15) is 35.9 Å². The number of benzene rings is 1. The number of esters is 1. The lowest BCUT2D eigenvalue weighted by atomic mass is 9.68. The maximum atomic E-state index is 14.0. The normalized spacial score (nSPS) is 25.1. The second-order valence-corrected chi connectivity index (χ2v) is 9.74. The second kappa shape index (κ2) is 8.40. The van der Waals surface area contributed by atoms with E-state index in [-0.39, 0.29) is 24.6 Å². The molecule has 2 fully saturated rings. The van der Waals surface area contributed by atoms with Crippen molar-refractivity contribution in [3.05, 3.63) is 47.6 Å². The molecule has 1 aromatic carbocycles. The van der Waals surface area contributed by atoms with Crippen LogP contribution in [0.25, 0.3) is 0 Å². The lowest BCUT2D eigenvalue weighted by Gasteiger charge is -2.41. The molecule has 0 radical (unpaired) electrons. The van der Waals surface area contributed by atoms with Gasteiger partial charge in [0.15, 0.2) is 5.78 Å². The summed E-state index contributed by atoms with van der Waals surface area (Å²) in [5.41, 5.74) is 0.404. The third-order valence-corrected chi connectivity index (χ3v) is 7.63. The van der Waals surface area contributed by atoms with E-state index >= 15 is 0 Å². The Kier molecular flexibility index (Phi) is 5.97. The van der Waals surface area contributed by atoms with Crippen molar-refractivity contribution in [2.24, 2.45) is 5.41 Å². The topological polar surface area (TPSA) is 74.4 Å². The number of carbonyl (C=O) groups excluding carboxylic acids is 2. The molecule has 166 valence electrons. The number of rotatable bonds is 8. The highest BCUT2D eigenvalue weighted by molar-refractivity contribution is 7.21. The van der Waals surface area contributed by atoms with Gasteiger partial charge in [0.25, 0.3) is 0 Å². The molecule has 0 aromatic heterocycles. The van der Waals surface area contributed by atoms with Gasteiger partial charge in [-0.2, -0.15) is 0 Å². The van der Waals surface area contributed by atoms with Gasteiger partial charge in [0, 0.05) is 0 Å². The summed E-state index contributed by atoms with van der Waals surface area (Å²) in [5, 5.41) is -1.10. The lowest BCUT2D eigenvalue weighted by Crippen LogP contribution is -2.51. The highest BCUT2D eigenvalue weighted by Crippen LogP contribution is 2.55. The van der Waals surface area contributed by atoms with Crippen molar-refractivity contribution in [3.8, 4) is 11.5 Å². The molecule has 4 unspecified atom stereocenters. The average Bonchev–Trinajstić information content (AvgIpc) is 3.41. The zero-order valence-electron chi connectivity index (χ0n) is 18.2. The second-order valence-electron chi connectivity index (χ2n) is 8.58. The minimum Gasteiger partial charge on any atom is -0.496 e. The van der Waals surface area contributed by atoms with E-state index in [4.69, 9.17) is 18.9 Å². The Bertz CT molecular complexity index is 919. The fourth-order valence-electron chi connectivity index (χ4n) is 4.85. The zero-order chi connectivity index (χ0) is 22.2. The van der Waals surface area contributed by atoms with Crippen molar-refractivity contribution >= 4 is 21.0 Å². The fraction of sp³-hybridized carbons (Fsp3) is 0.500. The molecular weight excluding hydrogens is 415 g/mol. The van der Waals surface area contributed by atoms with Crippen LogP contribution < -0.4 is 9.47 Å². The molecule has 1 aliphatic heterocycles. The maximum Gasteiger partial charge on any atom is 0.316 e. The Labute approximate surface area is 185 Å². The standard InChI is InChI=1S/C24H29O6P/c1-23(31,22(26)29-14-15-8-6-11-18-20(15)30-18)24(12-4-5-13-24)21(25)19-16(27-2)9-7-10-17(19)28-3/h6-11,18,20H,4-5,12-14,31H2,1-3H3. The average molecular weight is 444 g/mol. The smallest absolute Gasteiger partial charge is 0.316 e. The first-order valence-corrected chi connectivity index (χ1v) is 11.2. The Morgan fingerprint density at radius 2 is 1.84 bits per heavy atom. The number of ether oxygens (including phenoxy) is 4. The van der Waals surface area contributed by atoms with Crippen LogP contribution in [0.4, 0.5) is 0 Å². The number of carbonyl (C=O) groups is 2. The molecule has 1 saturated heterocycles. The van der Waals surface area contributed by atoms with Gasteiger partial charge < -0.3 is 18.9 Å². The number of allylic oxidation sites excluding steroid dienone is 2. The first-order valence-electron chi connectivity index (χ1n) is 10.6. The Hall–Kier alpha value is -2.17. The molecule has 7 heteroatoms. The molecule has 0 bridgehead atoms. The third-order valence-electron chi connectivity index (χ3n) is 6.84. The largest absolute Gasteiger partial charge is 0.496 e. The van der Waals surface area contributed by atoms with E-state index in [2.05, 4.69) is 9.24 Å². The summed E-state index contributed by atoms with van der Waals surface area (Å²) in [6.07, 6.45) is 8.88. The van der Waals surface area contributed by atoms with Crippen LogP contribution in [0.15, 0.2) is 42.0 Å². The number of hydrogen-bond acceptors (Lipinski definition) is 6. The number of epoxide rings is 1. The van der Waals surface area contributed by atoms with Gasteiger partial charge in [-0.3, -0.25) is 9.59 Å². The highest BCUT2D eigenvalue weighted by atomic mass is 31.0. The van der Waals surface area contributed by atoms with Gasteiger partial charge in [-0.25, -0.2) is 0 Å². The van der Waals surface area contributed by atoms with Crippen LogP contribution in [0.5, 0.6) is 11.5 Å². The third kappa shape index (κ3) is 3.70. The van der Waals surface area contributed by atoms with Crippen molar-refractivity contribution in [3.63, 3.8) is 0 Å². The molecule has 6 nitrogen and oxygen atoms in total. The summed E-state index contributed by atoms with van der Waals surface area (Å²) in [4.78, 5) is 27.3. The van der Waals surface area contributed by atoms with Crippen LogP contribution >= 0.6 is 9.24 Å². The van der Waals surface area contributed by atoms with Crippen molar-refractivity contribution in [1.82, 2.24) is 0 Å². The van der Waals surface area contributed by atoms with E-state index in [1.165, 1.54) is 14.2 Å². The van der Waals surface area contributed by atoms with Crippen LogP contribution in [0.1, 0.15) is 43.0 Å². The van der Waals surface area contributed by atoms with Gasteiger partial charge >= 0.3 is 5.97 Å². The van der Waals surface area contributed by atoms with Crippen molar-refractivity contribution in [2.45, 2.75) is 50.0 Å². The summed E-state index contributed by atoms with van der Waals surface area (Å²) in [6.45, 7) is 1.95. The number of ketones is 1. The van der Waals surface area contributed by atoms with Gasteiger partial charge in [0.05, 0.1) is 24.8 Å². The van der Waals surface area contributed by atoms with Crippen LogP contribution in [-0.4, -0.2) is 49.9 Å². The van der Waals surface area contributed by atoms with Crippen LogP contribution in [0.3, 0.4) is 0 Å². The van der Waals surface area contributed by atoms with E-state index in [0.29, 0.717) is 29.9 Å². The van der Waals surface area contributed by atoms with Crippen LogP contribution in [0, 0.1) is 5.41 Å². The Balaban J connectivity index is 1.62. The number of methoxy groups -OCH3 is 2. The van der Waals surface area contributed by atoms with Gasteiger partial charge in [-0.1, -0.05) is 37.1 Å². The number of fused-ring (bicyclic) bond motifs is 1. The highest BCUT2D eigenvalue weighted by Gasteiger charge is 2.58. The molecule has 1 heterocycles. The first-order chi connectivity index (χ1) is 14.9. The molecule has 31 heavy (non-hydrogen) atoms. The van der Waals surface area contributed by atoms with Gasteiger partial charge in [-0.15, -0.1) is 9.24 Å². The maximum absolute atomic E-state index is 14.0.